The summed E-state index contributed by atoms with van der Waals surface area (Å²) in [6.07, 6.45) is 3.45. The van der Waals surface area contributed by atoms with Gasteiger partial charge in [0.25, 0.3) is 0 Å². The molecule has 2 unspecified atom stereocenters. The highest BCUT2D eigenvalue weighted by Crippen LogP contribution is 2.33. The number of hydrogen-bond donors (Lipinski definition) is 0. The van der Waals surface area contributed by atoms with Crippen LogP contribution in [0.15, 0.2) is 0 Å². The Hall–Kier alpha value is -0.433. The maximum absolute atomic E-state index is 11.8. The molecule has 0 radical (unpaired) electrons. The van der Waals surface area contributed by atoms with Crippen LogP contribution < -0.4 is 0 Å². The molecule has 1 amide bonds. The van der Waals surface area contributed by atoms with E-state index in [1.54, 1.807) is 21.3 Å². The average molecular weight is 289 g/mol. The van der Waals surface area contributed by atoms with Crippen molar-refractivity contribution in [1.29, 1.82) is 0 Å². The van der Waals surface area contributed by atoms with E-state index in [-0.39, 0.29) is 17.5 Å². The van der Waals surface area contributed by atoms with Gasteiger partial charge in [-0.1, -0.05) is 6.92 Å². The zero-order valence-electron chi connectivity index (χ0n) is 12.8. The Morgan fingerprint density at radius 3 is 2.21 bits per heavy atom. The molecular formula is C13H27NO4Si. The van der Waals surface area contributed by atoms with E-state index in [9.17, 15) is 4.79 Å². The Morgan fingerprint density at radius 2 is 1.84 bits per heavy atom. The van der Waals surface area contributed by atoms with Gasteiger partial charge in [-0.15, -0.1) is 0 Å². The molecule has 1 fully saturated rings. The van der Waals surface area contributed by atoms with E-state index < -0.39 is 8.80 Å². The normalized spacial score (nSPS) is 19.8. The predicted octanol–water partition coefficient (Wildman–Crippen LogP) is 2.05. The van der Waals surface area contributed by atoms with Crippen LogP contribution in [-0.4, -0.2) is 53.5 Å². The largest absolute Gasteiger partial charge is 0.503 e. The Labute approximate surface area is 117 Å². The molecule has 112 valence electrons. The maximum atomic E-state index is 11.8. The van der Waals surface area contributed by atoms with Crippen molar-refractivity contribution in [3.05, 3.63) is 0 Å². The summed E-state index contributed by atoms with van der Waals surface area (Å²) in [5, 5.41) is 0. The summed E-state index contributed by atoms with van der Waals surface area (Å²) in [5.41, 5.74) is 0.218. The molecule has 2 atom stereocenters. The predicted molar refractivity (Wildman–Crippen MR) is 75.8 cm³/mol. The third kappa shape index (κ3) is 3.56. The molecule has 0 N–H and O–H groups in total. The smallest absolute Gasteiger partial charge is 0.377 e. The summed E-state index contributed by atoms with van der Waals surface area (Å²) >= 11 is 0. The van der Waals surface area contributed by atoms with Gasteiger partial charge < -0.3 is 18.2 Å². The van der Waals surface area contributed by atoms with Gasteiger partial charge in [-0.25, -0.2) is 0 Å². The second kappa shape index (κ2) is 7.38. The van der Waals surface area contributed by atoms with Crippen LogP contribution in [0.25, 0.3) is 0 Å². The molecule has 1 rings (SSSR count). The van der Waals surface area contributed by atoms with Gasteiger partial charge in [0.2, 0.25) is 5.91 Å². The van der Waals surface area contributed by atoms with E-state index in [1.165, 1.54) is 0 Å². The highest BCUT2D eigenvalue weighted by Gasteiger charge is 2.47. The molecule has 0 aromatic rings. The number of rotatable bonds is 8. The topological polar surface area (TPSA) is 48.0 Å². The van der Waals surface area contributed by atoms with Crippen molar-refractivity contribution >= 4 is 14.7 Å². The summed E-state index contributed by atoms with van der Waals surface area (Å²) in [7, 11) is 2.32. The lowest BCUT2D eigenvalue weighted by molar-refractivity contribution is -0.129. The standard InChI is InChI=1S/C13H27NO4Si/c1-6-12(19(16-3,17-4)18-5)10-11(2)14-9-7-8-13(14)15/h11-12H,6-10H2,1-5H3. The van der Waals surface area contributed by atoms with E-state index in [1.807, 2.05) is 4.90 Å². The monoisotopic (exact) mass is 289 g/mol. The third-order valence-corrected chi connectivity index (χ3v) is 7.47. The lowest BCUT2D eigenvalue weighted by Gasteiger charge is -2.35. The van der Waals surface area contributed by atoms with Gasteiger partial charge >= 0.3 is 8.80 Å². The molecule has 0 saturated carbocycles. The van der Waals surface area contributed by atoms with Gasteiger partial charge in [0.15, 0.2) is 0 Å². The number of amides is 1. The van der Waals surface area contributed by atoms with Crippen molar-refractivity contribution in [3.8, 4) is 0 Å². The van der Waals surface area contributed by atoms with Gasteiger partial charge in [-0.3, -0.25) is 4.79 Å². The molecule has 19 heavy (non-hydrogen) atoms. The molecule has 0 aromatic carbocycles. The number of carbonyl (C=O) groups excluding carboxylic acids is 1. The molecule has 5 nitrogen and oxygen atoms in total. The zero-order valence-corrected chi connectivity index (χ0v) is 13.8. The number of hydrogen-bond acceptors (Lipinski definition) is 4. The number of nitrogens with zero attached hydrogens (tertiary/aromatic N) is 1. The van der Waals surface area contributed by atoms with E-state index >= 15 is 0 Å². The quantitative estimate of drug-likeness (QED) is 0.642. The summed E-state index contributed by atoms with van der Waals surface area (Å²) in [5.74, 6) is 0.266. The fourth-order valence-corrected chi connectivity index (χ4v) is 5.61. The van der Waals surface area contributed by atoms with E-state index in [0.29, 0.717) is 6.42 Å². The molecule has 0 aromatic heterocycles. The van der Waals surface area contributed by atoms with Crippen molar-refractivity contribution in [2.45, 2.75) is 51.1 Å². The first-order valence-corrected chi connectivity index (χ1v) is 8.79. The molecular weight excluding hydrogens is 262 g/mol. The molecule has 0 aliphatic carbocycles. The average Bonchev–Trinajstić information content (AvgIpc) is 2.86. The van der Waals surface area contributed by atoms with Gasteiger partial charge in [0.1, 0.15) is 0 Å². The molecule has 0 bridgehead atoms. The van der Waals surface area contributed by atoms with Crippen molar-refractivity contribution in [2.24, 2.45) is 0 Å². The van der Waals surface area contributed by atoms with Crippen molar-refractivity contribution in [1.82, 2.24) is 4.90 Å². The first kappa shape index (κ1) is 16.6. The minimum atomic E-state index is -2.62. The van der Waals surface area contributed by atoms with Crippen LogP contribution in [0, 0.1) is 0 Å². The van der Waals surface area contributed by atoms with Crippen LogP contribution in [0.2, 0.25) is 5.54 Å². The van der Waals surface area contributed by atoms with Gasteiger partial charge in [-0.2, -0.15) is 0 Å². The Kier molecular flexibility index (Phi) is 6.45. The van der Waals surface area contributed by atoms with Crippen LogP contribution in [0.5, 0.6) is 0 Å². The maximum Gasteiger partial charge on any atom is 0.503 e. The lowest BCUT2D eigenvalue weighted by Crippen LogP contribution is -2.49. The molecule has 6 heteroatoms. The number of likely N-dealkylation sites (tertiary alicyclic amines) is 1. The van der Waals surface area contributed by atoms with Gasteiger partial charge in [0, 0.05) is 45.9 Å². The highest BCUT2D eigenvalue weighted by molar-refractivity contribution is 6.62. The van der Waals surface area contributed by atoms with Crippen LogP contribution in [0.1, 0.15) is 39.5 Å². The minimum Gasteiger partial charge on any atom is -0.377 e. The van der Waals surface area contributed by atoms with Gasteiger partial charge in [-0.05, 0) is 26.2 Å². The van der Waals surface area contributed by atoms with E-state index in [4.69, 9.17) is 13.3 Å². The highest BCUT2D eigenvalue weighted by atomic mass is 28.4. The Balaban J connectivity index is 2.72. The van der Waals surface area contributed by atoms with Crippen LogP contribution in [0.3, 0.4) is 0 Å². The first-order chi connectivity index (χ1) is 9.04. The summed E-state index contributed by atoms with van der Waals surface area (Å²) < 4.78 is 16.7. The summed E-state index contributed by atoms with van der Waals surface area (Å²) in [4.78, 5) is 13.8. The fraction of sp³-hybridized carbons (Fsp3) is 0.923. The van der Waals surface area contributed by atoms with Crippen LogP contribution in [-0.2, 0) is 18.1 Å². The van der Waals surface area contributed by atoms with Gasteiger partial charge in [0.05, 0.1) is 0 Å². The lowest BCUT2D eigenvalue weighted by atomic mass is 10.1. The third-order valence-electron chi connectivity index (χ3n) is 4.11. The van der Waals surface area contributed by atoms with Crippen LogP contribution >= 0.6 is 0 Å². The minimum absolute atomic E-state index is 0.215. The van der Waals surface area contributed by atoms with E-state index in [2.05, 4.69) is 13.8 Å². The van der Waals surface area contributed by atoms with E-state index in [0.717, 1.165) is 25.8 Å². The Bertz CT molecular complexity index is 288. The molecule has 1 heterocycles. The molecule has 0 spiro atoms. The first-order valence-electron chi connectivity index (χ1n) is 6.99. The van der Waals surface area contributed by atoms with Crippen LogP contribution in [0.4, 0.5) is 0 Å². The second-order valence-electron chi connectivity index (χ2n) is 5.10. The fourth-order valence-electron chi connectivity index (χ4n) is 2.99. The summed E-state index contributed by atoms with van der Waals surface area (Å²) in [6.45, 7) is 5.09. The molecule has 1 aliphatic heterocycles. The summed E-state index contributed by atoms with van der Waals surface area (Å²) in [6, 6.07) is 0.215. The Morgan fingerprint density at radius 1 is 1.26 bits per heavy atom. The number of carbonyl (C=O) groups is 1. The molecule has 1 saturated heterocycles. The van der Waals surface area contributed by atoms with Crippen molar-refractivity contribution in [2.75, 3.05) is 27.9 Å². The zero-order chi connectivity index (χ0) is 14.5. The SMILES string of the molecule is CCC(CC(C)N1CCCC1=O)[Si](OC)(OC)OC. The second-order valence-corrected chi connectivity index (χ2v) is 8.34. The molecule has 1 aliphatic rings. The van der Waals surface area contributed by atoms with Crippen molar-refractivity contribution in [3.63, 3.8) is 0 Å². The van der Waals surface area contributed by atoms with Crippen molar-refractivity contribution < 1.29 is 18.1 Å².